The van der Waals surface area contributed by atoms with E-state index in [9.17, 15) is 13.2 Å². The maximum absolute atomic E-state index is 12.5. The van der Waals surface area contributed by atoms with E-state index in [0.717, 1.165) is 23.2 Å². The Morgan fingerprint density at radius 1 is 1.09 bits per heavy atom. The fourth-order valence-corrected chi connectivity index (χ4v) is 2.11. The number of imidazole rings is 1. The number of fused-ring (bicyclic) bond motifs is 1. The van der Waals surface area contributed by atoms with E-state index >= 15 is 0 Å². The summed E-state index contributed by atoms with van der Waals surface area (Å²) >= 11 is 0. The summed E-state index contributed by atoms with van der Waals surface area (Å²) in [6, 6.07) is 6.63. The monoisotopic (exact) mass is 307 g/mol. The number of nitrogens with zero attached hydrogens (tertiary/aromatic N) is 3. The van der Waals surface area contributed by atoms with Gasteiger partial charge in [0.25, 0.3) is 0 Å². The van der Waals surface area contributed by atoms with E-state index in [4.69, 9.17) is 4.74 Å². The van der Waals surface area contributed by atoms with Crippen molar-refractivity contribution in [1.82, 2.24) is 14.5 Å². The molecule has 2 aromatic heterocycles. The van der Waals surface area contributed by atoms with Gasteiger partial charge in [-0.1, -0.05) is 12.1 Å². The van der Waals surface area contributed by atoms with E-state index in [-0.39, 0.29) is 6.61 Å². The molecule has 0 fully saturated rings. The molecule has 0 radical (unpaired) electrons. The zero-order valence-electron chi connectivity index (χ0n) is 11.6. The van der Waals surface area contributed by atoms with Crippen molar-refractivity contribution in [3.63, 3.8) is 0 Å². The highest BCUT2D eigenvalue weighted by atomic mass is 19.4. The normalized spacial score (nSPS) is 11.8. The van der Waals surface area contributed by atoms with Crippen LogP contribution in [0.15, 0.2) is 42.9 Å². The summed E-state index contributed by atoms with van der Waals surface area (Å²) in [5.74, 6) is 0.400. The Labute approximate surface area is 124 Å². The van der Waals surface area contributed by atoms with Crippen LogP contribution in [0.5, 0.6) is 5.88 Å². The zero-order valence-corrected chi connectivity index (χ0v) is 11.6. The highest BCUT2D eigenvalue weighted by molar-refractivity contribution is 5.79. The minimum atomic E-state index is -4.33. The third-order valence-corrected chi connectivity index (χ3v) is 3.25. The van der Waals surface area contributed by atoms with Crippen LogP contribution in [0.1, 0.15) is 11.1 Å². The topological polar surface area (TPSA) is 39.9 Å². The number of aromatic nitrogens is 3. The Hall–Kier alpha value is -2.57. The SMILES string of the molecule is Cn1cnc2ccnc(OCc3ccc(C(F)(F)F)cc3)c21. The summed E-state index contributed by atoms with van der Waals surface area (Å²) < 4.78 is 44.9. The molecule has 3 aromatic rings. The number of rotatable bonds is 3. The molecule has 4 nitrogen and oxygen atoms in total. The molecule has 114 valence electrons. The molecule has 0 amide bonds. The van der Waals surface area contributed by atoms with Gasteiger partial charge < -0.3 is 9.30 Å². The van der Waals surface area contributed by atoms with Crippen LogP contribution < -0.4 is 4.74 Å². The lowest BCUT2D eigenvalue weighted by Crippen LogP contribution is -2.05. The average molecular weight is 307 g/mol. The second kappa shape index (κ2) is 5.32. The molecule has 0 spiro atoms. The number of pyridine rings is 1. The maximum Gasteiger partial charge on any atom is 0.416 e. The Morgan fingerprint density at radius 2 is 1.82 bits per heavy atom. The van der Waals surface area contributed by atoms with Crippen LogP contribution in [0.4, 0.5) is 13.2 Å². The fourth-order valence-electron chi connectivity index (χ4n) is 2.11. The molecule has 7 heteroatoms. The van der Waals surface area contributed by atoms with Crippen LogP contribution >= 0.6 is 0 Å². The van der Waals surface area contributed by atoms with E-state index in [1.165, 1.54) is 12.1 Å². The van der Waals surface area contributed by atoms with Gasteiger partial charge in [0.15, 0.2) is 0 Å². The van der Waals surface area contributed by atoms with Crippen molar-refractivity contribution in [2.75, 3.05) is 0 Å². The first-order valence-corrected chi connectivity index (χ1v) is 6.50. The predicted octanol–water partition coefficient (Wildman–Crippen LogP) is 3.57. The molecule has 2 heterocycles. The molecule has 0 N–H and O–H groups in total. The first kappa shape index (κ1) is 14.4. The number of aryl methyl sites for hydroxylation is 1. The van der Waals surface area contributed by atoms with Crippen molar-refractivity contribution < 1.29 is 17.9 Å². The standard InChI is InChI=1S/C15H12F3N3O/c1-21-9-20-12-6-7-19-14(13(12)21)22-8-10-2-4-11(5-3-10)15(16,17)18/h2-7,9H,8H2,1H3. The number of ether oxygens (including phenoxy) is 1. The fraction of sp³-hybridized carbons (Fsp3) is 0.200. The quantitative estimate of drug-likeness (QED) is 0.742. The highest BCUT2D eigenvalue weighted by Crippen LogP contribution is 2.29. The number of benzene rings is 1. The van der Waals surface area contributed by atoms with Gasteiger partial charge in [0.1, 0.15) is 12.1 Å². The molecule has 0 aliphatic heterocycles. The third-order valence-electron chi connectivity index (χ3n) is 3.25. The Kier molecular flexibility index (Phi) is 3.48. The van der Waals surface area contributed by atoms with Gasteiger partial charge in [0.05, 0.1) is 17.4 Å². The van der Waals surface area contributed by atoms with Crippen molar-refractivity contribution in [3.05, 3.63) is 54.0 Å². The lowest BCUT2D eigenvalue weighted by molar-refractivity contribution is -0.137. The molecule has 0 saturated heterocycles. The summed E-state index contributed by atoms with van der Waals surface area (Å²) in [6.07, 6.45) is -1.10. The number of hydrogen-bond donors (Lipinski definition) is 0. The maximum atomic E-state index is 12.5. The van der Waals surface area contributed by atoms with Gasteiger partial charge in [-0.2, -0.15) is 13.2 Å². The largest absolute Gasteiger partial charge is 0.471 e. The zero-order chi connectivity index (χ0) is 15.7. The van der Waals surface area contributed by atoms with Crippen LogP contribution in [-0.2, 0) is 19.8 Å². The first-order chi connectivity index (χ1) is 10.4. The van der Waals surface area contributed by atoms with Crippen molar-refractivity contribution >= 4 is 11.0 Å². The van der Waals surface area contributed by atoms with Gasteiger partial charge in [-0.3, -0.25) is 0 Å². The summed E-state index contributed by atoms with van der Waals surface area (Å²) in [4.78, 5) is 8.34. The minimum absolute atomic E-state index is 0.134. The molecule has 22 heavy (non-hydrogen) atoms. The van der Waals surface area contributed by atoms with E-state index < -0.39 is 11.7 Å². The molecular weight excluding hydrogens is 295 g/mol. The van der Waals surface area contributed by atoms with Crippen molar-refractivity contribution in [2.45, 2.75) is 12.8 Å². The summed E-state index contributed by atoms with van der Waals surface area (Å²) in [5, 5.41) is 0. The number of hydrogen-bond acceptors (Lipinski definition) is 3. The van der Waals surface area contributed by atoms with E-state index in [0.29, 0.717) is 11.4 Å². The summed E-state index contributed by atoms with van der Waals surface area (Å²) in [5.41, 5.74) is 1.45. The van der Waals surface area contributed by atoms with Crippen LogP contribution in [0.3, 0.4) is 0 Å². The van der Waals surface area contributed by atoms with Crippen LogP contribution in [0.25, 0.3) is 11.0 Å². The molecule has 0 unspecified atom stereocenters. The Balaban J connectivity index is 1.78. The Morgan fingerprint density at radius 3 is 2.50 bits per heavy atom. The van der Waals surface area contributed by atoms with Crippen molar-refractivity contribution in [1.29, 1.82) is 0 Å². The van der Waals surface area contributed by atoms with Gasteiger partial charge >= 0.3 is 6.18 Å². The molecular formula is C15H12F3N3O. The van der Waals surface area contributed by atoms with Gasteiger partial charge in [0.2, 0.25) is 5.88 Å². The van der Waals surface area contributed by atoms with Gasteiger partial charge in [0, 0.05) is 13.2 Å². The number of halogens is 3. The second-order valence-electron chi connectivity index (χ2n) is 4.82. The van der Waals surface area contributed by atoms with Crippen molar-refractivity contribution in [3.8, 4) is 5.88 Å². The molecule has 1 aromatic carbocycles. The van der Waals surface area contributed by atoms with Gasteiger partial charge in [-0.25, -0.2) is 9.97 Å². The number of alkyl halides is 3. The molecule has 0 aliphatic rings. The summed E-state index contributed by atoms with van der Waals surface area (Å²) in [6.45, 7) is 0.134. The average Bonchev–Trinajstić information content (AvgIpc) is 2.87. The molecule has 0 aliphatic carbocycles. The smallest absolute Gasteiger partial charge is 0.416 e. The van der Waals surface area contributed by atoms with Crippen LogP contribution in [0.2, 0.25) is 0 Å². The lowest BCUT2D eigenvalue weighted by atomic mass is 10.1. The molecule has 3 rings (SSSR count). The minimum Gasteiger partial charge on any atom is -0.471 e. The molecule has 0 bridgehead atoms. The lowest BCUT2D eigenvalue weighted by Gasteiger charge is -2.09. The molecule has 0 atom stereocenters. The van der Waals surface area contributed by atoms with Crippen LogP contribution in [-0.4, -0.2) is 14.5 Å². The third kappa shape index (κ3) is 2.74. The van der Waals surface area contributed by atoms with E-state index in [2.05, 4.69) is 9.97 Å². The van der Waals surface area contributed by atoms with E-state index in [1.807, 2.05) is 7.05 Å². The van der Waals surface area contributed by atoms with Crippen LogP contribution in [0, 0.1) is 0 Å². The van der Waals surface area contributed by atoms with Crippen molar-refractivity contribution in [2.24, 2.45) is 7.05 Å². The Bertz CT molecular complexity index is 794. The second-order valence-corrected chi connectivity index (χ2v) is 4.82. The first-order valence-electron chi connectivity index (χ1n) is 6.50. The predicted molar refractivity (Wildman–Crippen MR) is 74.3 cm³/mol. The van der Waals surface area contributed by atoms with E-state index in [1.54, 1.807) is 23.2 Å². The molecule has 0 saturated carbocycles. The summed E-state index contributed by atoms with van der Waals surface area (Å²) in [7, 11) is 1.82. The van der Waals surface area contributed by atoms with Gasteiger partial charge in [-0.15, -0.1) is 0 Å². The highest BCUT2D eigenvalue weighted by Gasteiger charge is 2.29. The van der Waals surface area contributed by atoms with Gasteiger partial charge in [-0.05, 0) is 23.8 Å².